The number of anilines is 1. The van der Waals surface area contributed by atoms with E-state index in [1.807, 2.05) is 19.1 Å². The van der Waals surface area contributed by atoms with Crippen LogP contribution >= 0.6 is 0 Å². The standard InChI is InChI=1S/C15H22N2O4S/c1-12-11-13(15(18)16-5-10-22(2,19)20)3-4-14(12)17-6-8-21-9-7-17/h3-4,11H,5-10H2,1-2H3,(H,16,18). The summed E-state index contributed by atoms with van der Waals surface area (Å²) in [7, 11) is -3.06. The lowest BCUT2D eigenvalue weighted by molar-refractivity contribution is 0.0956. The first kappa shape index (κ1) is 16.8. The Kier molecular flexibility index (Phi) is 5.42. The van der Waals surface area contributed by atoms with Gasteiger partial charge in [0.15, 0.2) is 0 Å². The maximum Gasteiger partial charge on any atom is 0.251 e. The highest BCUT2D eigenvalue weighted by molar-refractivity contribution is 7.90. The van der Waals surface area contributed by atoms with E-state index in [9.17, 15) is 13.2 Å². The van der Waals surface area contributed by atoms with E-state index in [2.05, 4.69) is 10.2 Å². The van der Waals surface area contributed by atoms with Gasteiger partial charge in [-0.2, -0.15) is 0 Å². The molecule has 1 amide bonds. The number of morpholine rings is 1. The Hall–Kier alpha value is -1.60. The molecule has 0 aliphatic carbocycles. The number of nitrogens with zero attached hydrogens (tertiary/aromatic N) is 1. The van der Waals surface area contributed by atoms with E-state index >= 15 is 0 Å². The number of rotatable bonds is 5. The zero-order valence-electron chi connectivity index (χ0n) is 13.0. The second-order valence-electron chi connectivity index (χ2n) is 5.49. The second kappa shape index (κ2) is 7.11. The average Bonchev–Trinajstić information content (AvgIpc) is 2.46. The van der Waals surface area contributed by atoms with Crippen LogP contribution in [0.4, 0.5) is 5.69 Å². The number of carbonyl (C=O) groups excluding carboxylic acids is 1. The molecule has 0 atom stereocenters. The highest BCUT2D eigenvalue weighted by Gasteiger charge is 2.15. The number of hydrogen-bond acceptors (Lipinski definition) is 5. The van der Waals surface area contributed by atoms with Crippen molar-refractivity contribution in [2.24, 2.45) is 0 Å². The summed E-state index contributed by atoms with van der Waals surface area (Å²) < 4.78 is 27.5. The predicted molar refractivity (Wildman–Crippen MR) is 86.3 cm³/mol. The van der Waals surface area contributed by atoms with Crippen LogP contribution in [-0.4, -0.2) is 59.2 Å². The SMILES string of the molecule is Cc1cc(C(=O)NCCS(C)(=O)=O)ccc1N1CCOCC1. The first-order valence-electron chi connectivity index (χ1n) is 7.26. The number of sulfone groups is 1. The highest BCUT2D eigenvalue weighted by Crippen LogP contribution is 2.22. The molecule has 0 unspecified atom stereocenters. The molecule has 1 fully saturated rings. The molecule has 22 heavy (non-hydrogen) atoms. The Bertz CT molecular complexity index is 637. The quantitative estimate of drug-likeness (QED) is 0.858. The molecule has 1 aromatic carbocycles. The van der Waals surface area contributed by atoms with Crippen LogP contribution in [0.15, 0.2) is 18.2 Å². The van der Waals surface area contributed by atoms with Gasteiger partial charge in [0.1, 0.15) is 9.84 Å². The summed E-state index contributed by atoms with van der Waals surface area (Å²) in [6.45, 7) is 5.22. The van der Waals surface area contributed by atoms with Crippen molar-refractivity contribution < 1.29 is 17.9 Å². The third kappa shape index (κ3) is 4.71. The lowest BCUT2D eigenvalue weighted by Crippen LogP contribution is -2.36. The third-order valence-corrected chi connectivity index (χ3v) is 4.51. The molecule has 2 rings (SSSR count). The van der Waals surface area contributed by atoms with Crippen LogP contribution in [0.3, 0.4) is 0 Å². The summed E-state index contributed by atoms with van der Waals surface area (Å²) in [5.74, 6) is -0.302. The molecule has 122 valence electrons. The smallest absolute Gasteiger partial charge is 0.251 e. The Labute approximate surface area is 131 Å². The van der Waals surface area contributed by atoms with Gasteiger partial charge in [0.05, 0.1) is 19.0 Å². The summed E-state index contributed by atoms with van der Waals surface area (Å²) in [5.41, 5.74) is 2.68. The van der Waals surface area contributed by atoms with E-state index < -0.39 is 9.84 Å². The Morgan fingerprint density at radius 1 is 1.32 bits per heavy atom. The zero-order chi connectivity index (χ0) is 16.2. The van der Waals surface area contributed by atoms with Crippen molar-refractivity contribution in [3.63, 3.8) is 0 Å². The number of carbonyl (C=O) groups is 1. The monoisotopic (exact) mass is 326 g/mol. The van der Waals surface area contributed by atoms with Crippen molar-refractivity contribution in [2.45, 2.75) is 6.92 Å². The normalized spacial score (nSPS) is 15.6. The topological polar surface area (TPSA) is 75.7 Å². The number of benzene rings is 1. The van der Waals surface area contributed by atoms with Gasteiger partial charge in [0.25, 0.3) is 5.91 Å². The number of ether oxygens (including phenoxy) is 1. The van der Waals surface area contributed by atoms with Gasteiger partial charge in [-0.05, 0) is 30.7 Å². The molecule has 1 aliphatic rings. The molecule has 1 aromatic rings. The van der Waals surface area contributed by atoms with Crippen molar-refractivity contribution >= 4 is 21.4 Å². The average molecular weight is 326 g/mol. The van der Waals surface area contributed by atoms with Crippen LogP contribution in [-0.2, 0) is 14.6 Å². The fourth-order valence-electron chi connectivity index (χ4n) is 2.41. The largest absolute Gasteiger partial charge is 0.378 e. The molecule has 1 heterocycles. The lowest BCUT2D eigenvalue weighted by atomic mass is 10.1. The summed E-state index contributed by atoms with van der Waals surface area (Å²) >= 11 is 0. The van der Waals surface area contributed by atoms with Crippen LogP contribution < -0.4 is 10.2 Å². The van der Waals surface area contributed by atoms with Gasteiger partial charge < -0.3 is 15.0 Å². The molecule has 1 N–H and O–H groups in total. The fourth-order valence-corrected chi connectivity index (χ4v) is 2.88. The summed E-state index contributed by atoms with van der Waals surface area (Å²) in [6.07, 6.45) is 1.15. The van der Waals surface area contributed by atoms with Gasteiger partial charge in [-0.1, -0.05) is 0 Å². The molecule has 6 nitrogen and oxygen atoms in total. The van der Waals surface area contributed by atoms with Crippen molar-refractivity contribution in [3.8, 4) is 0 Å². The molecule has 0 radical (unpaired) electrons. The Morgan fingerprint density at radius 3 is 2.59 bits per heavy atom. The van der Waals surface area contributed by atoms with Gasteiger partial charge in [-0.15, -0.1) is 0 Å². The van der Waals surface area contributed by atoms with Gasteiger partial charge in [-0.25, -0.2) is 8.42 Å². The third-order valence-electron chi connectivity index (χ3n) is 3.57. The van der Waals surface area contributed by atoms with E-state index in [-0.39, 0.29) is 18.2 Å². The van der Waals surface area contributed by atoms with Crippen LogP contribution in [0, 0.1) is 6.92 Å². The Morgan fingerprint density at radius 2 is 2.00 bits per heavy atom. The van der Waals surface area contributed by atoms with Crippen LogP contribution in [0.1, 0.15) is 15.9 Å². The number of aryl methyl sites for hydroxylation is 1. The van der Waals surface area contributed by atoms with Gasteiger partial charge in [0.2, 0.25) is 0 Å². The minimum atomic E-state index is -3.06. The van der Waals surface area contributed by atoms with E-state index in [1.165, 1.54) is 0 Å². The van der Waals surface area contributed by atoms with E-state index in [0.29, 0.717) is 18.8 Å². The fraction of sp³-hybridized carbons (Fsp3) is 0.533. The van der Waals surface area contributed by atoms with Crippen LogP contribution in [0.25, 0.3) is 0 Å². The summed E-state index contributed by atoms with van der Waals surface area (Å²) in [4.78, 5) is 14.3. The number of amides is 1. The van der Waals surface area contributed by atoms with Crippen molar-refractivity contribution in [3.05, 3.63) is 29.3 Å². The molecule has 7 heteroatoms. The van der Waals surface area contributed by atoms with Gasteiger partial charge in [-0.3, -0.25) is 4.79 Å². The number of nitrogens with one attached hydrogen (secondary N) is 1. The zero-order valence-corrected chi connectivity index (χ0v) is 13.8. The summed E-state index contributed by atoms with van der Waals surface area (Å²) in [6, 6.07) is 5.54. The lowest BCUT2D eigenvalue weighted by Gasteiger charge is -2.30. The minimum Gasteiger partial charge on any atom is -0.378 e. The first-order valence-corrected chi connectivity index (χ1v) is 9.32. The van der Waals surface area contributed by atoms with Crippen molar-refractivity contribution in [1.29, 1.82) is 0 Å². The maximum atomic E-state index is 12.0. The second-order valence-corrected chi connectivity index (χ2v) is 7.75. The molecular formula is C15H22N2O4S. The van der Waals surface area contributed by atoms with E-state index in [1.54, 1.807) is 6.07 Å². The molecule has 1 saturated heterocycles. The molecule has 0 spiro atoms. The van der Waals surface area contributed by atoms with Crippen molar-refractivity contribution in [1.82, 2.24) is 5.32 Å². The van der Waals surface area contributed by atoms with Gasteiger partial charge in [0, 0.05) is 37.1 Å². The Balaban J connectivity index is 2.00. The molecular weight excluding hydrogens is 304 g/mol. The van der Waals surface area contributed by atoms with Crippen LogP contribution in [0.5, 0.6) is 0 Å². The minimum absolute atomic E-state index is 0.0520. The molecule has 0 aromatic heterocycles. The maximum absolute atomic E-state index is 12.0. The van der Waals surface area contributed by atoms with Crippen LogP contribution in [0.2, 0.25) is 0 Å². The molecule has 1 aliphatic heterocycles. The highest BCUT2D eigenvalue weighted by atomic mass is 32.2. The van der Waals surface area contributed by atoms with E-state index in [0.717, 1.165) is 30.6 Å². The number of hydrogen-bond donors (Lipinski definition) is 1. The van der Waals surface area contributed by atoms with E-state index in [4.69, 9.17) is 4.74 Å². The summed E-state index contributed by atoms with van der Waals surface area (Å²) in [5, 5.41) is 2.63. The first-order chi connectivity index (χ1) is 10.4. The predicted octanol–water partition coefficient (Wildman–Crippen LogP) is 0.606. The van der Waals surface area contributed by atoms with Crippen molar-refractivity contribution in [2.75, 3.05) is 49.8 Å². The molecule has 0 saturated carbocycles. The van der Waals surface area contributed by atoms with Gasteiger partial charge >= 0.3 is 0 Å². The molecule has 0 bridgehead atoms.